The maximum Gasteiger partial charge on any atom is 0.147 e. The zero-order chi connectivity index (χ0) is 10.4. The van der Waals surface area contributed by atoms with Crippen molar-refractivity contribution in [2.75, 3.05) is 33.2 Å². The summed E-state index contributed by atoms with van der Waals surface area (Å²) in [4.78, 5) is 0. The summed E-state index contributed by atoms with van der Waals surface area (Å²) in [5, 5.41) is 21.1. The number of aliphatic hydroxyl groups is 2. The summed E-state index contributed by atoms with van der Waals surface area (Å²) >= 11 is 0. The highest BCUT2D eigenvalue weighted by Crippen LogP contribution is 2.07. The molecule has 1 heterocycles. The van der Waals surface area contributed by atoms with Crippen molar-refractivity contribution in [3.63, 3.8) is 0 Å². The molecule has 5 heteroatoms. The molecule has 0 radical (unpaired) electrons. The lowest BCUT2D eigenvalue weighted by Gasteiger charge is -2.30. The van der Waals surface area contributed by atoms with Gasteiger partial charge < -0.3 is 25.0 Å². The van der Waals surface area contributed by atoms with Gasteiger partial charge in [0.05, 0.1) is 31.5 Å². The molecule has 1 saturated heterocycles. The van der Waals surface area contributed by atoms with Crippen LogP contribution in [0.15, 0.2) is 0 Å². The number of nitrogens with one attached hydrogen (secondary N) is 1. The summed E-state index contributed by atoms with van der Waals surface area (Å²) in [5.41, 5.74) is -0.623. The third kappa shape index (κ3) is 3.51. The van der Waals surface area contributed by atoms with Crippen LogP contribution >= 0.6 is 0 Å². The second-order valence-corrected chi connectivity index (χ2v) is 3.86. The smallest absolute Gasteiger partial charge is 0.147 e. The first-order valence-corrected chi connectivity index (χ1v) is 4.86. The maximum absolute atomic E-state index is 9.03. The Balaban J connectivity index is 2.23. The fourth-order valence-electron chi connectivity index (χ4n) is 1.18. The van der Waals surface area contributed by atoms with E-state index >= 15 is 0 Å². The number of rotatable bonds is 5. The first-order valence-electron chi connectivity index (χ1n) is 4.86. The Morgan fingerprint density at radius 2 is 2.14 bits per heavy atom. The predicted molar refractivity (Wildman–Crippen MR) is 50.9 cm³/mol. The van der Waals surface area contributed by atoms with Crippen molar-refractivity contribution < 1.29 is 19.7 Å². The second kappa shape index (κ2) is 5.63. The van der Waals surface area contributed by atoms with Gasteiger partial charge in [-0.05, 0) is 13.3 Å². The first-order chi connectivity index (χ1) is 6.70. The Morgan fingerprint density at radius 1 is 1.43 bits per heavy atom. The van der Waals surface area contributed by atoms with E-state index in [9.17, 15) is 0 Å². The molecule has 0 spiro atoms. The van der Waals surface area contributed by atoms with E-state index in [4.69, 9.17) is 19.7 Å². The van der Waals surface area contributed by atoms with Crippen LogP contribution < -0.4 is 5.32 Å². The van der Waals surface area contributed by atoms with Gasteiger partial charge in [-0.15, -0.1) is 0 Å². The van der Waals surface area contributed by atoms with Crippen LogP contribution in [0.1, 0.15) is 13.3 Å². The monoisotopic (exact) mass is 205 g/mol. The molecule has 1 aliphatic rings. The van der Waals surface area contributed by atoms with Gasteiger partial charge in [-0.25, -0.2) is 0 Å². The van der Waals surface area contributed by atoms with Crippen molar-refractivity contribution in [1.29, 1.82) is 0 Å². The number of hydrogen-bond acceptors (Lipinski definition) is 5. The van der Waals surface area contributed by atoms with E-state index in [0.29, 0.717) is 19.9 Å². The van der Waals surface area contributed by atoms with Crippen molar-refractivity contribution in [2.24, 2.45) is 0 Å². The predicted octanol–water partition coefficient (Wildman–Crippen LogP) is -0.918. The molecular weight excluding hydrogens is 186 g/mol. The molecule has 0 aromatic heterocycles. The van der Waals surface area contributed by atoms with E-state index < -0.39 is 5.54 Å². The summed E-state index contributed by atoms with van der Waals surface area (Å²) in [6.07, 6.45) is 0.959. The fourth-order valence-corrected chi connectivity index (χ4v) is 1.18. The molecule has 5 nitrogen and oxygen atoms in total. The van der Waals surface area contributed by atoms with Gasteiger partial charge in [0.15, 0.2) is 0 Å². The van der Waals surface area contributed by atoms with Crippen molar-refractivity contribution in [3.8, 4) is 0 Å². The quantitative estimate of drug-likeness (QED) is 0.541. The fraction of sp³-hybridized carbons (Fsp3) is 1.00. The van der Waals surface area contributed by atoms with E-state index in [-0.39, 0.29) is 19.3 Å². The molecule has 0 aliphatic carbocycles. The van der Waals surface area contributed by atoms with Gasteiger partial charge in [-0.2, -0.15) is 0 Å². The molecule has 0 aromatic rings. The maximum atomic E-state index is 9.03. The van der Waals surface area contributed by atoms with Crippen LogP contribution in [0.25, 0.3) is 0 Å². The molecule has 0 saturated carbocycles. The minimum Gasteiger partial charge on any atom is -0.394 e. The number of hydrogen-bond donors (Lipinski definition) is 3. The Hall–Kier alpha value is -0.200. The molecule has 1 aliphatic heterocycles. The molecule has 0 amide bonds. The first kappa shape index (κ1) is 11.9. The van der Waals surface area contributed by atoms with Crippen LogP contribution in [0.5, 0.6) is 0 Å². The lowest BCUT2D eigenvalue weighted by Crippen LogP contribution is -2.52. The van der Waals surface area contributed by atoms with E-state index in [2.05, 4.69) is 5.32 Å². The van der Waals surface area contributed by atoms with E-state index in [0.717, 1.165) is 6.42 Å². The van der Waals surface area contributed by atoms with Crippen molar-refractivity contribution >= 4 is 0 Å². The van der Waals surface area contributed by atoms with Crippen LogP contribution in [0.4, 0.5) is 0 Å². The molecule has 3 N–H and O–H groups in total. The molecular formula is C9H19NO4. The molecule has 84 valence electrons. The standard InChI is InChI=1S/C9H19NO4/c1-9(5-11,6-12)10-4-8-2-3-13-7-14-8/h8,10-12H,2-7H2,1H3. The Kier molecular flexibility index (Phi) is 4.77. The summed E-state index contributed by atoms with van der Waals surface area (Å²) < 4.78 is 10.3. The van der Waals surface area contributed by atoms with Crippen LogP contribution in [0.3, 0.4) is 0 Å². The summed E-state index contributed by atoms with van der Waals surface area (Å²) in [6.45, 7) is 3.26. The minimum atomic E-state index is -0.623. The van der Waals surface area contributed by atoms with E-state index in [1.807, 2.05) is 0 Å². The molecule has 0 bridgehead atoms. The second-order valence-electron chi connectivity index (χ2n) is 3.86. The average Bonchev–Trinajstić information content (AvgIpc) is 2.27. The van der Waals surface area contributed by atoms with Crippen LogP contribution in [-0.2, 0) is 9.47 Å². The SMILES string of the molecule is CC(CO)(CO)NCC1CCOCO1. The normalized spacial score (nSPS) is 23.8. The molecule has 14 heavy (non-hydrogen) atoms. The van der Waals surface area contributed by atoms with Crippen LogP contribution in [-0.4, -0.2) is 55.0 Å². The Bertz CT molecular complexity index is 155. The van der Waals surface area contributed by atoms with Crippen molar-refractivity contribution in [1.82, 2.24) is 5.32 Å². The van der Waals surface area contributed by atoms with Crippen molar-refractivity contribution in [2.45, 2.75) is 25.0 Å². The molecule has 1 atom stereocenters. The van der Waals surface area contributed by atoms with Crippen LogP contribution in [0.2, 0.25) is 0 Å². The molecule has 1 unspecified atom stereocenters. The van der Waals surface area contributed by atoms with Gasteiger partial charge in [-0.3, -0.25) is 0 Å². The highest BCUT2D eigenvalue weighted by Gasteiger charge is 2.24. The van der Waals surface area contributed by atoms with E-state index in [1.54, 1.807) is 6.92 Å². The minimum absolute atomic E-state index is 0.0906. The summed E-state index contributed by atoms with van der Waals surface area (Å²) in [6, 6.07) is 0. The highest BCUT2D eigenvalue weighted by atomic mass is 16.7. The number of aliphatic hydroxyl groups excluding tert-OH is 2. The van der Waals surface area contributed by atoms with Gasteiger partial charge in [0, 0.05) is 6.54 Å². The van der Waals surface area contributed by atoms with Gasteiger partial charge >= 0.3 is 0 Å². The Morgan fingerprint density at radius 3 is 2.64 bits per heavy atom. The van der Waals surface area contributed by atoms with Gasteiger partial charge in [-0.1, -0.05) is 0 Å². The van der Waals surface area contributed by atoms with Crippen LogP contribution in [0, 0.1) is 0 Å². The third-order valence-electron chi connectivity index (χ3n) is 2.43. The Labute approximate surface area is 84.0 Å². The van der Waals surface area contributed by atoms with Gasteiger partial charge in [0.1, 0.15) is 6.79 Å². The lowest BCUT2D eigenvalue weighted by atomic mass is 10.1. The molecule has 0 aromatic carbocycles. The summed E-state index contributed by atoms with van der Waals surface area (Å²) in [5.74, 6) is 0. The third-order valence-corrected chi connectivity index (χ3v) is 2.43. The molecule has 1 fully saturated rings. The lowest BCUT2D eigenvalue weighted by molar-refractivity contribution is -0.139. The molecule has 1 rings (SSSR count). The zero-order valence-corrected chi connectivity index (χ0v) is 8.53. The van der Waals surface area contributed by atoms with Gasteiger partial charge in [0.2, 0.25) is 0 Å². The van der Waals surface area contributed by atoms with E-state index in [1.165, 1.54) is 0 Å². The van der Waals surface area contributed by atoms with Crippen molar-refractivity contribution in [3.05, 3.63) is 0 Å². The average molecular weight is 205 g/mol. The highest BCUT2D eigenvalue weighted by molar-refractivity contribution is 4.82. The summed E-state index contributed by atoms with van der Waals surface area (Å²) in [7, 11) is 0. The number of ether oxygens (including phenoxy) is 2. The van der Waals surface area contributed by atoms with Gasteiger partial charge in [0.25, 0.3) is 0 Å². The largest absolute Gasteiger partial charge is 0.394 e. The topological polar surface area (TPSA) is 71.0 Å². The zero-order valence-electron chi connectivity index (χ0n) is 8.53.